The van der Waals surface area contributed by atoms with Crippen LogP contribution in [0.5, 0.6) is 0 Å². The average molecular weight is 147 g/mol. The van der Waals surface area contributed by atoms with Crippen molar-refractivity contribution in [2.75, 3.05) is 5.88 Å². The van der Waals surface area contributed by atoms with Crippen LogP contribution in [0, 0.1) is 0 Å². The third-order valence-corrected chi connectivity index (χ3v) is 1.03. The summed E-state index contributed by atoms with van der Waals surface area (Å²) in [5.74, 6) is 0.267. The third-order valence-electron chi connectivity index (χ3n) is 0.759. The highest BCUT2D eigenvalue weighted by molar-refractivity contribution is 6.25. The molecule has 0 N–H and O–H groups in total. The number of nitrogens with zero attached hydrogens (tertiary/aromatic N) is 2. The molecule has 50 valence electrons. The fraction of sp³-hybridized carbons (Fsp3) is 0.600. The van der Waals surface area contributed by atoms with Gasteiger partial charge in [-0.15, -0.1) is 11.6 Å². The van der Waals surface area contributed by atoms with Crippen molar-refractivity contribution in [3.8, 4) is 0 Å². The lowest BCUT2D eigenvalue weighted by molar-refractivity contribution is -0.116. The lowest BCUT2D eigenvalue weighted by atomic mass is 10.2. The quantitative estimate of drug-likeness (QED) is 0.251. The minimum absolute atomic E-state index is 0.196. The van der Waals surface area contributed by atoms with Gasteiger partial charge in [-0.3, -0.25) is 4.79 Å². The van der Waals surface area contributed by atoms with E-state index in [-0.39, 0.29) is 5.78 Å². The number of Topliss-reactive ketones (excluding diaryl/α,β-unsaturated/α-hetero) is 1. The highest BCUT2D eigenvalue weighted by Gasteiger charge is 1.99. The molecular formula is C5H7ClN2O. The standard InChI is InChI=1S/C5H7ClN2O/c6-3-1-2-5(9)4-8-7/h4H,1-3H2. The molecule has 0 heterocycles. The Hall–Kier alpha value is -0.660. The van der Waals surface area contributed by atoms with Gasteiger partial charge in [-0.2, -0.15) is 4.79 Å². The van der Waals surface area contributed by atoms with Crippen molar-refractivity contribution < 1.29 is 9.58 Å². The fourth-order valence-electron chi connectivity index (χ4n) is 0.370. The Kier molecular flexibility index (Phi) is 5.07. The summed E-state index contributed by atoms with van der Waals surface area (Å²) in [6, 6.07) is 0. The Morgan fingerprint density at radius 3 is 2.89 bits per heavy atom. The number of hydrogen-bond donors (Lipinski definition) is 0. The lowest BCUT2D eigenvalue weighted by Gasteiger charge is -1.83. The van der Waals surface area contributed by atoms with Crippen molar-refractivity contribution in [1.29, 1.82) is 0 Å². The van der Waals surface area contributed by atoms with Crippen LogP contribution in [0.3, 0.4) is 0 Å². The van der Waals surface area contributed by atoms with Crippen molar-refractivity contribution >= 4 is 23.6 Å². The highest BCUT2D eigenvalue weighted by atomic mass is 35.5. The van der Waals surface area contributed by atoms with E-state index >= 15 is 0 Å². The van der Waals surface area contributed by atoms with Crippen LogP contribution in [0.1, 0.15) is 12.8 Å². The summed E-state index contributed by atoms with van der Waals surface area (Å²) in [5.41, 5.74) is 7.85. The van der Waals surface area contributed by atoms with Gasteiger partial charge in [0.25, 0.3) is 0 Å². The molecule has 0 radical (unpaired) electrons. The molecule has 0 spiro atoms. The molecule has 0 rings (SSSR count). The van der Waals surface area contributed by atoms with E-state index in [1.807, 2.05) is 0 Å². The van der Waals surface area contributed by atoms with Gasteiger partial charge in [0.15, 0.2) is 0 Å². The van der Waals surface area contributed by atoms with Crippen molar-refractivity contribution in [1.82, 2.24) is 0 Å². The Labute approximate surface area is 58.2 Å². The van der Waals surface area contributed by atoms with Crippen LogP contribution in [0.15, 0.2) is 0 Å². The average Bonchev–Trinajstić information content (AvgIpc) is 1.85. The van der Waals surface area contributed by atoms with Crippen LogP contribution in [0.4, 0.5) is 0 Å². The van der Waals surface area contributed by atoms with Crippen molar-refractivity contribution in [3.63, 3.8) is 0 Å². The summed E-state index contributed by atoms with van der Waals surface area (Å²) in [4.78, 5) is 13.0. The number of halogens is 1. The number of carbonyl (C=O) groups excluding carboxylic acids is 1. The lowest BCUT2D eigenvalue weighted by Crippen LogP contribution is -1.99. The second-order valence-corrected chi connectivity index (χ2v) is 1.88. The van der Waals surface area contributed by atoms with E-state index in [0.717, 1.165) is 6.21 Å². The van der Waals surface area contributed by atoms with Gasteiger partial charge in [0.1, 0.15) is 0 Å². The zero-order valence-corrected chi connectivity index (χ0v) is 5.64. The second kappa shape index (κ2) is 5.48. The molecular weight excluding hydrogens is 140 g/mol. The van der Waals surface area contributed by atoms with Gasteiger partial charge >= 0.3 is 6.21 Å². The van der Waals surface area contributed by atoms with Gasteiger partial charge < -0.3 is 5.53 Å². The summed E-state index contributed by atoms with van der Waals surface area (Å²) in [6.45, 7) is 0. The largest absolute Gasteiger partial charge is 0.361 e. The van der Waals surface area contributed by atoms with Crippen LogP contribution in [0.25, 0.3) is 5.53 Å². The van der Waals surface area contributed by atoms with E-state index in [0.29, 0.717) is 18.7 Å². The summed E-state index contributed by atoms with van der Waals surface area (Å²) in [5, 5.41) is 0. The van der Waals surface area contributed by atoms with E-state index in [4.69, 9.17) is 17.1 Å². The van der Waals surface area contributed by atoms with Gasteiger partial charge in [-0.25, -0.2) is 0 Å². The predicted molar refractivity (Wildman–Crippen MR) is 34.6 cm³/mol. The smallest absolute Gasteiger partial charge is 0.323 e. The van der Waals surface area contributed by atoms with Gasteiger partial charge in [0.05, 0.1) is 0 Å². The first-order chi connectivity index (χ1) is 4.31. The van der Waals surface area contributed by atoms with Crippen molar-refractivity contribution in [3.05, 3.63) is 5.53 Å². The monoisotopic (exact) mass is 146 g/mol. The second-order valence-electron chi connectivity index (χ2n) is 1.50. The molecule has 0 saturated heterocycles. The van der Waals surface area contributed by atoms with Crippen molar-refractivity contribution in [2.45, 2.75) is 12.8 Å². The molecule has 0 aromatic rings. The number of alkyl halides is 1. The minimum atomic E-state index is -0.196. The molecule has 4 heteroatoms. The van der Waals surface area contributed by atoms with Gasteiger partial charge in [-0.1, -0.05) is 0 Å². The summed E-state index contributed by atoms with van der Waals surface area (Å²) >= 11 is 5.29. The third kappa shape index (κ3) is 5.21. The molecule has 0 unspecified atom stereocenters. The van der Waals surface area contributed by atoms with Gasteiger partial charge in [-0.05, 0) is 6.42 Å². The molecule has 0 fully saturated rings. The maximum absolute atomic E-state index is 10.4. The molecule has 9 heavy (non-hydrogen) atoms. The zero-order chi connectivity index (χ0) is 7.11. The first-order valence-electron chi connectivity index (χ1n) is 2.57. The zero-order valence-electron chi connectivity index (χ0n) is 4.88. The summed E-state index contributed by atoms with van der Waals surface area (Å²) in [6.07, 6.45) is 1.87. The van der Waals surface area contributed by atoms with Crippen LogP contribution >= 0.6 is 11.6 Å². The molecule has 0 aromatic carbocycles. The van der Waals surface area contributed by atoms with Crippen LogP contribution in [0.2, 0.25) is 0 Å². The topological polar surface area (TPSA) is 53.5 Å². The number of rotatable bonds is 4. The molecule has 0 amide bonds. The Balaban J connectivity index is 3.39. The van der Waals surface area contributed by atoms with E-state index in [1.54, 1.807) is 0 Å². The molecule has 0 bridgehead atoms. The maximum atomic E-state index is 10.4. The van der Waals surface area contributed by atoms with E-state index in [2.05, 4.69) is 4.79 Å². The minimum Gasteiger partial charge on any atom is -0.361 e. The van der Waals surface area contributed by atoms with Crippen LogP contribution in [-0.2, 0) is 4.79 Å². The first-order valence-corrected chi connectivity index (χ1v) is 3.11. The number of ketones is 1. The van der Waals surface area contributed by atoms with E-state index in [1.165, 1.54) is 0 Å². The molecule has 0 aromatic heterocycles. The molecule has 0 atom stereocenters. The number of hydrogen-bond acceptors (Lipinski definition) is 1. The predicted octanol–water partition coefficient (Wildman–Crippen LogP) is 0.875. The van der Waals surface area contributed by atoms with E-state index in [9.17, 15) is 4.79 Å². The maximum Gasteiger partial charge on any atom is 0.323 e. The SMILES string of the molecule is [N-]=[N+]=CC(=O)CCCCl. The molecule has 3 nitrogen and oxygen atoms in total. The normalized spacial score (nSPS) is 8.11. The summed E-state index contributed by atoms with van der Waals surface area (Å²) in [7, 11) is 0. The van der Waals surface area contributed by atoms with Gasteiger partial charge in [0.2, 0.25) is 5.78 Å². The van der Waals surface area contributed by atoms with E-state index < -0.39 is 0 Å². The molecule has 0 aliphatic carbocycles. The molecule has 0 saturated carbocycles. The first kappa shape index (κ1) is 8.34. The van der Waals surface area contributed by atoms with Gasteiger partial charge in [0, 0.05) is 12.3 Å². The van der Waals surface area contributed by atoms with Crippen LogP contribution < -0.4 is 0 Å². The Morgan fingerprint density at radius 1 is 1.78 bits per heavy atom. The highest BCUT2D eigenvalue weighted by Crippen LogP contribution is 1.90. The fourth-order valence-corrected chi connectivity index (χ4v) is 0.504. The Bertz CT molecular complexity index is 140. The summed E-state index contributed by atoms with van der Waals surface area (Å²) < 4.78 is 0. The number of carbonyl (C=O) groups is 1. The molecule has 0 aliphatic heterocycles. The van der Waals surface area contributed by atoms with Crippen molar-refractivity contribution in [2.24, 2.45) is 0 Å². The molecule has 0 aliphatic rings. The van der Waals surface area contributed by atoms with Crippen LogP contribution in [-0.4, -0.2) is 22.7 Å². The Morgan fingerprint density at radius 2 is 2.44 bits per heavy atom.